The molecule has 4 heteroatoms. The number of piperidine rings is 1. The predicted molar refractivity (Wildman–Crippen MR) is 87.4 cm³/mol. The molecule has 0 atom stereocenters. The van der Waals surface area contributed by atoms with Crippen LogP contribution in [0.4, 0.5) is 0 Å². The highest BCUT2D eigenvalue weighted by molar-refractivity contribution is 5.95. The van der Waals surface area contributed by atoms with Gasteiger partial charge >= 0.3 is 0 Å². The van der Waals surface area contributed by atoms with Crippen molar-refractivity contribution in [3.05, 3.63) is 47.3 Å². The van der Waals surface area contributed by atoms with E-state index >= 15 is 0 Å². The molecule has 3 rings (SSSR count). The lowest BCUT2D eigenvalue weighted by atomic mass is 10.1. The third kappa shape index (κ3) is 2.78. The van der Waals surface area contributed by atoms with Crippen molar-refractivity contribution in [3.63, 3.8) is 0 Å². The number of likely N-dealkylation sites (tertiary alicyclic amines) is 1. The molecule has 1 aromatic heterocycles. The molecule has 1 fully saturated rings. The maximum absolute atomic E-state index is 12.8. The van der Waals surface area contributed by atoms with Gasteiger partial charge in [0.15, 0.2) is 0 Å². The van der Waals surface area contributed by atoms with Crippen molar-refractivity contribution >= 4 is 5.91 Å². The van der Waals surface area contributed by atoms with Crippen molar-refractivity contribution in [2.24, 2.45) is 0 Å². The van der Waals surface area contributed by atoms with Crippen LogP contribution >= 0.6 is 0 Å². The van der Waals surface area contributed by atoms with Crippen LogP contribution in [0.1, 0.15) is 47.8 Å². The van der Waals surface area contributed by atoms with Crippen molar-refractivity contribution in [1.82, 2.24) is 14.7 Å². The van der Waals surface area contributed by atoms with E-state index in [1.54, 1.807) is 6.20 Å². The Morgan fingerprint density at radius 2 is 1.82 bits per heavy atom. The monoisotopic (exact) mass is 297 g/mol. The summed E-state index contributed by atoms with van der Waals surface area (Å²) in [5, 5.41) is 4.47. The fourth-order valence-electron chi connectivity index (χ4n) is 3.07. The van der Waals surface area contributed by atoms with Gasteiger partial charge in [-0.15, -0.1) is 0 Å². The summed E-state index contributed by atoms with van der Waals surface area (Å²) >= 11 is 0. The smallest absolute Gasteiger partial charge is 0.257 e. The quantitative estimate of drug-likeness (QED) is 0.871. The number of aromatic nitrogens is 2. The van der Waals surface area contributed by atoms with Gasteiger partial charge in [-0.3, -0.25) is 4.79 Å². The van der Waals surface area contributed by atoms with Gasteiger partial charge in [0.05, 0.1) is 23.1 Å². The Bertz CT molecular complexity index is 651. The zero-order valence-corrected chi connectivity index (χ0v) is 13.4. The first-order valence-electron chi connectivity index (χ1n) is 8.14. The maximum Gasteiger partial charge on any atom is 0.257 e. The number of carbonyl (C=O) groups is 1. The highest BCUT2D eigenvalue weighted by Crippen LogP contribution is 2.20. The molecule has 1 aliphatic rings. The van der Waals surface area contributed by atoms with Crippen LogP contribution in [0.25, 0.3) is 5.69 Å². The largest absolute Gasteiger partial charge is 0.339 e. The fraction of sp³-hybridized carbons (Fsp3) is 0.444. The topological polar surface area (TPSA) is 38.1 Å². The molecule has 116 valence electrons. The lowest BCUT2D eigenvalue weighted by Gasteiger charge is -2.26. The first-order valence-corrected chi connectivity index (χ1v) is 8.14. The number of aryl methyl sites for hydroxylation is 1. The molecule has 1 amide bonds. The Hall–Kier alpha value is -2.10. The van der Waals surface area contributed by atoms with Crippen molar-refractivity contribution < 1.29 is 4.79 Å². The molecule has 0 radical (unpaired) electrons. The Balaban J connectivity index is 1.93. The van der Waals surface area contributed by atoms with E-state index in [1.807, 2.05) is 9.58 Å². The van der Waals surface area contributed by atoms with E-state index in [0.29, 0.717) is 0 Å². The number of rotatable bonds is 3. The summed E-state index contributed by atoms with van der Waals surface area (Å²) in [6.07, 6.45) is 5.98. The maximum atomic E-state index is 12.8. The minimum absolute atomic E-state index is 0.134. The number of hydrogen-bond donors (Lipinski definition) is 0. The first-order chi connectivity index (χ1) is 10.7. The predicted octanol–water partition coefficient (Wildman–Crippen LogP) is 3.37. The van der Waals surface area contributed by atoms with Crippen molar-refractivity contribution in [3.8, 4) is 5.69 Å². The van der Waals surface area contributed by atoms with Crippen LogP contribution in [0.2, 0.25) is 0 Å². The number of benzene rings is 1. The molecule has 0 spiro atoms. The van der Waals surface area contributed by atoms with E-state index in [-0.39, 0.29) is 5.91 Å². The van der Waals surface area contributed by atoms with Gasteiger partial charge in [0.2, 0.25) is 0 Å². The summed E-state index contributed by atoms with van der Waals surface area (Å²) in [5.74, 6) is 0.134. The van der Waals surface area contributed by atoms with Crippen LogP contribution in [-0.2, 0) is 6.42 Å². The molecule has 0 saturated carbocycles. The summed E-state index contributed by atoms with van der Waals surface area (Å²) in [6, 6.07) is 8.25. The van der Waals surface area contributed by atoms with Crippen molar-refractivity contribution in [2.45, 2.75) is 39.5 Å². The molecule has 0 bridgehead atoms. The SMILES string of the molecule is CCc1c(C(=O)N2CCCCC2)cnn1-c1ccc(C)cc1. The minimum Gasteiger partial charge on any atom is -0.339 e. The lowest BCUT2D eigenvalue weighted by molar-refractivity contribution is 0.0723. The molecular formula is C18H23N3O. The zero-order valence-electron chi connectivity index (χ0n) is 13.4. The van der Waals surface area contributed by atoms with E-state index in [4.69, 9.17) is 0 Å². The molecule has 1 saturated heterocycles. The Morgan fingerprint density at radius 1 is 1.14 bits per heavy atom. The fourth-order valence-corrected chi connectivity index (χ4v) is 3.07. The second kappa shape index (κ2) is 6.34. The Morgan fingerprint density at radius 3 is 2.45 bits per heavy atom. The molecule has 1 aliphatic heterocycles. The summed E-state index contributed by atoms with van der Waals surface area (Å²) in [4.78, 5) is 14.7. The lowest BCUT2D eigenvalue weighted by Crippen LogP contribution is -2.35. The van der Waals surface area contributed by atoms with Gasteiger partial charge in [-0.2, -0.15) is 5.10 Å². The standard InChI is InChI=1S/C18H23N3O/c1-3-17-16(18(22)20-11-5-4-6-12-20)13-19-21(17)15-9-7-14(2)8-10-15/h7-10,13H,3-6,11-12H2,1-2H3. The number of nitrogens with zero attached hydrogens (tertiary/aromatic N) is 3. The van der Waals surface area contributed by atoms with Gasteiger partial charge in [-0.05, 0) is 44.7 Å². The average Bonchev–Trinajstić information content (AvgIpc) is 2.99. The number of carbonyl (C=O) groups excluding carboxylic acids is 1. The summed E-state index contributed by atoms with van der Waals surface area (Å²) in [7, 11) is 0. The van der Waals surface area contributed by atoms with Gasteiger partial charge in [0.1, 0.15) is 0 Å². The molecular weight excluding hydrogens is 274 g/mol. The van der Waals surface area contributed by atoms with Gasteiger partial charge in [-0.1, -0.05) is 24.6 Å². The molecule has 2 heterocycles. The molecule has 22 heavy (non-hydrogen) atoms. The Kier molecular flexibility index (Phi) is 4.27. The van der Waals surface area contributed by atoms with Gasteiger partial charge in [-0.25, -0.2) is 4.68 Å². The van der Waals surface area contributed by atoms with Crippen LogP contribution in [0.3, 0.4) is 0 Å². The van der Waals surface area contributed by atoms with E-state index in [1.165, 1.54) is 12.0 Å². The minimum atomic E-state index is 0.134. The molecule has 1 aromatic carbocycles. The summed E-state index contributed by atoms with van der Waals surface area (Å²) < 4.78 is 1.90. The van der Waals surface area contributed by atoms with E-state index in [9.17, 15) is 4.79 Å². The summed E-state index contributed by atoms with van der Waals surface area (Å²) in [5.41, 5.74) is 3.99. The Labute approximate surface area is 131 Å². The van der Waals surface area contributed by atoms with Crippen LogP contribution in [0, 0.1) is 6.92 Å². The average molecular weight is 297 g/mol. The van der Waals surface area contributed by atoms with E-state index in [0.717, 1.165) is 49.3 Å². The number of amides is 1. The normalized spacial score (nSPS) is 15.1. The third-order valence-electron chi connectivity index (χ3n) is 4.36. The van der Waals surface area contributed by atoms with E-state index in [2.05, 4.69) is 43.2 Å². The van der Waals surface area contributed by atoms with Crippen LogP contribution < -0.4 is 0 Å². The van der Waals surface area contributed by atoms with Gasteiger partial charge in [0, 0.05) is 13.1 Å². The number of hydrogen-bond acceptors (Lipinski definition) is 2. The molecule has 2 aromatic rings. The van der Waals surface area contributed by atoms with Gasteiger partial charge < -0.3 is 4.90 Å². The third-order valence-corrected chi connectivity index (χ3v) is 4.36. The van der Waals surface area contributed by atoms with Crippen LogP contribution in [0.15, 0.2) is 30.5 Å². The van der Waals surface area contributed by atoms with Gasteiger partial charge in [0.25, 0.3) is 5.91 Å². The first kappa shape index (κ1) is 14.8. The molecule has 0 N–H and O–H groups in total. The second-order valence-corrected chi connectivity index (χ2v) is 5.96. The van der Waals surface area contributed by atoms with Crippen LogP contribution in [-0.4, -0.2) is 33.7 Å². The second-order valence-electron chi connectivity index (χ2n) is 5.96. The molecule has 4 nitrogen and oxygen atoms in total. The molecule has 0 aliphatic carbocycles. The highest BCUT2D eigenvalue weighted by atomic mass is 16.2. The van der Waals surface area contributed by atoms with Crippen LogP contribution in [0.5, 0.6) is 0 Å². The van der Waals surface area contributed by atoms with Crippen molar-refractivity contribution in [1.29, 1.82) is 0 Å². The van der Waals surface area contributed by atoms with Crippen molar-refractivity contribution in [2.75, 3.05) is 13.1 Å². The molecule has 0 unspecified atom stereocenters. The summed E-state index contributed by atoms with van der Waals surface area (Å²) in [6.45, 7) is 5.89. The van der Waals surface area contributed by atoms with E-state index < -0.39 is 0 Å². The zero-order chi connectivity index (χ0) is 15.5. The highest BCUT2D eigenvalue weighted by Gasteiger charge is 2.23.